The monoisotopic (exact) mass is 606 g/mol. The number of nitrogens with zero attached hydrogens (tertiary/aromatic N) is 3. The number of hydrogen-bond donors (Lipinski definition) is 1. The van der Waals surface area contributed by atoms with Crippen molar-refractivity contribution in [2.75, 3.05) is 7.11 Å². The van der Waals surface area contributed by atoms with Crippen LogP contribution in [-0.4, -0.2) is 28.8 Å². The third kappa shape index (κ3) is 5.72. The van der Waals surface area contributed by atoms with Gasteiger partial charge in [-0.15, -0.1) is 0 Å². The number of aromatic nitrogens is 2. The molecule has 2 aromatic heterocycles. The van der Waals surface area contributed by atoms with Crippen molar-refractivity contribution in [3.05, 3.63) is 129 Å². The molecule has 0 bridgehead atoms. The number of carbonyl (C=O) groups excluding carboxylic acids is 1. The number of aryl methyl sites for hydroxylation is 1. The third-order valence-corrected chi connectivity index (χ3v) is 8.30. The van der Waals surface area contributed by atoms with Crippen molar-refractivity contribution in [1.82, 2.24) is 15.0 Å². The molecule has 43 heavy (non-hydrogen) atoms. The van der Waals surface area contributed by atoms with Gasteiger partial charge >= 0.3 is 0 Å². The van der Waals surface area contributed by atoms with Crippen molar-refractivity contribution < 1.29 is 9.53 Å². The first kappa shape index (κ1) is 28.5. The Morgan fingerprint density at radius 1 is 0.930 bits per heavy atom. The van der Waals surface area contributed by atoms with Gasteiger partial charge in [0.25, 0.3) is 5.91 Å². The summed E-state index contributed by atoms with van der Waals surface area (Å²) in [6, 6.07) is 29.0. The highest BCUT2D eigenvalue weighted by atomic mass is 35.5. The second-order valence-corrected chi connectivity index (χ2v) is 11.2. The van der Waals surface area contributed by atoms with E-state index >= 15 is 0 Å². The van der Waals surface area contributed by atoms with Crippen LogP contribution in [0.15, 0.2) is 96.1 Å². The molecular formula is C35H28Cl2N4O2. The van der Waals surface area contributed by atoms with Crippen LogP contribution < -0.4 is 10.2 Å². The van der Waals surface area contributed by atoms with E-state index in [-0.39, 0.29) is 5.91 Å². The van der Waals surface area contributed by atoms with Crippen LogP contribution >= 0.6 is 23.2 Å². The number of amides is 1. The molecular weight excluding hydrogens is 579 g/mol. The maximum atomic E-state index is 13.5. The van der Waals surface area contributed by atoms with Crippen LogP contribution in [0, 0.1) is 13.8 Å². The minimum Gasteiger partial charge on any atom is -0.497 e. The summed E-state index contributed by atoms with van der Waals surface area (Å²) in [6.45, 7) is 4.72. The summed E-state index contributed by atoms with van der Waals surface area (Å²) in [4.78, 5) is 18.3. The van der Waals surface area contributed by atoms with E-state index < -0.39 is 0 Å². The first-order valence-electron chi connectivity index (χ1n) is 13.7. The van der Waals surface area contributed by atoms with E-state index in [4.69, 9.17) is 32.9 Å². The van der Waals surface area contributed by atoms with Gasteiger partial charge in [0.1, 0.15) is 5.75 Å². The number of rotatable bonds is 7. The van der Waals surface area contributed by atoms with E-state index in [1.165, 1.54) is 0 Å². The number of hydrogen-bond acceptors (Lipinski definition) is 4. The fourth-order valence-corrected chi connectivity index (χ4v) is 5.62. The Bertz CT molecular complexity index is 2030. The maximum absolute atomic E-state index is 13.5. The Kier molecular flexibility index (Phi) is 7.89. The molecule has 6 aromatic rings. The smallest absolute Gasteiger partial charge is 0.272 e. The van der Waals surface area contributed by atoms with E-state index in [0.717, 1.165) is 55.5 Å². The van der Waals surface area contributed by atoms with Crippen LogP contribution in [0.4, 0.5) is 0 Å². The number of pyridine rings is 1. The van der Waals surface area contributed by atoms with Crippen molar-refractivity contribution in [1.29, 1.82) is 0 Å². The summed E-state index contributed by atoms with van der Waals surface area (Å²) in [7, 11) is 1.63. The van der Waals surface area contributed by atoms with Crippen molar-refractivity contribution in [3.63, 3.8) is 0 Å². The lowest BCUT2D eigenvalue weighted by atomic mass is 10.0. The minimum atomic E-state index is -0.321. The molecule has 214 valence electrons. The van der Waals surface area contributed by atoms with Crippen LogP contribution in [0.25, 0.3) is 33.1 Å². The molecule has 0 radical (unpaired) electrons. The molecule has 0 saturated heterocycles. The number of carbonyl (C=O) groups is 1. The fourth-order valence-electron chi connectivity index (χ4n) is 5.30. The van der Waals surface area contributed by atoms with Crippen LogP contribution in [0.1, 0.15) is 32.7 Å². The number of hydrazone groups is 1. The molecule has 0 aliphatic rings. The van der Waals surface area contributed by atoms with Gasteiger partial charge in [0.15, 0.2) is 0 Å². The Hall–Kier alpha value is -4.65. The second kappa shape index (κ2) is 11.9. The summed E-state index contributed by atoms with van der Waals surface area (Å²) < 4.78 is 7.50. The van der Waals surface area contributed by atoms with Crippen LogP contribution in [-0.2, 0) is 6.54 Å². The molecule has 4 aromatic carbocycles. The molecule has 1 amide bonds. The molecule has 0 aliphatic carbocycles. The molecule has 0 unspecified atom stereocenters. The van der Waals surface area contributed by atoms with Gasteiger partial charge in [-0.05, 0) is 80.1 Å². The van der Waals surface area contributed by atoms with Crippen LogP contribution in [0.3, 0.4) is 0 Å². The standard InChI is InChI=1S/C35H28Cl2N4O2/c1-21-8-15-34-27(16-21)29(22(2)41(34)20-23-9-14-30(36)31(37)17-23)19-38-40-35(42)28-18-33(24-10-12-25(43-3)13-11-24)39-32-7-5-4-6-26(28)32/h4-19H,20H2,1-3H3,(H,40,42)/b38-19+. The number of fused-ring (bicyclic) bond motifs is 2. The lowest BCUT2D eigenvalue weighted by Crippen LogP contribution is -2.18. The lowest BCUT2D eigenvalue weighted by molar-refractivity contribution is 0.0956. The van der Waals surface area contributed by atoms with Gasteiger partial charge in [0, 0.05) is 39.7 Å². The molecule has 0 spiro atoms. The molecule has 6 nitrogen and oxygen atoms in total. The normalized spacial score (nSPS) is 11.5. The summed E-state index contributed by atoms with van der Waals surface area (Å²) >= 11 is 12.4. The van der Waals surface area contributed by atoms with Gasteiger partial charge in [-0.2, -0.15) is 5.10 Å². The van der Waals surface area contributed by atoms with E-state index in [9.17, 15) is 4.79 Å². The highest BCUT2D eigenvalue weighted by molar-refractivity contribution is 6.42. The largest absolute Gasteiger partial charge is 0.497 e. The zero-order valence-corrected chi connectivity index (χ0v) is 25.4. The number of ether oxygens (including phenoxy) is 1. The van der Waals surface area contributed by atoms with E-state index in [0.29, 0.717) is 27.8 Å². The van der Waals surface area contributed by atoms with Gasteiger partial charge in [0.05, 0.1) is 40.1 Å². The van der Waals surface area contributed by atoms with E-state index in [1.807, 2.05) is 73.7 Å². The molecule has 8 heteroatoms. The molecule has 0 fully saturated rings. The first-order valence-corrected chi connectivity index (χ1v) is 14.5. The van der Waals surface area contributed by atoms with Gasteiger partial charge in [-0.3, -0.25) is 4.79 Å². The van der Waals surface area contributed by atoms with Gasteiger partial charge in [-0.1, -0.05) is 59.1 Å². The van der Waals surface area contributed by atoms with Crippen LogP contribution in [0.5, 0.6) is 5.75 Å². The predicted octanol–water partition coefficient (Wildman–Crippen LogP) is 8.60. The van der Waals surface area contributed by atoms with Crippen molar-refractivity contribution in [2.24, 2.45) is 5.10 Å². The lowest BCUT2D eigenvalue weighted by Gasteiger charge is -2.10. The SMILES string of the molecule is COc1ccc(-c2cc(C(=O)N/N=C/c3c(C)n(Cc4ccc(Cl)c(Cl)c4)c4ccc(C)cc34)c3ccccc3n2)cc1. The van der Waals surface area contributed by atoms with Gasteiger partial charge < -0.3 is 9.30 Å². The molecule has 2 heterocycles. The minimum absolute atomic E-state index is 0.321. The average Bonchev–Trinajstić information content (AvgIpc) is 3.27. The average molecular weight is 608 g/mol. The Labute approximate surface area is 259 Å². The highest BCUT2D eigenvalue weighted by Crippen LogP contribution is 2.29. The predicted molar refractivity (Wildman–Crippen MR) is 176 cm³/mol. The number of methoxy groups -OCH3 is 1. The molecule has 1 N–H and O–H groups in total. The van der Waals surface area contributed by atoms with Crippen molar-refractivity contribution in [3.8, 4) is 17.0 Å². The second-order valence-electron chi connectivity index (χ2n) is 10.4. The highest BCUT2D eigenvalue weighted by Gasteiger charge is 2.16. The zero-order valence-electron chi connectivity index (χ0n) is 23.9. The van der Waals surface area contributed by atoms with Gasteiger partial charge in [0.2, 0.25) is 0 Å². The molecule has 0 atom stereocenters. The Balaban J connectivity index is 1.33. The van der Waals surface area contributed by atoms with E-state index in [2.05, 4.69) is 40.2 Å². The summed E-state index contributed by atoms with van der Waals surface area (Å²) in [5.74, 6) is 0.429. The molecule has 6 rings (SSSR count). The van der Waals surface area contributed by atoms with Gasteiger partial charge in [-0.25, -0.2) is 10.4 Å². The van der Waals surface area contributed by atoms with Crippen molar-refractivity contribution in [2.45, 2.75) is 20.4 Å². The summed E-state index contributed by atoms with van der Waals surface area (Å²) in [6.07, 6.45) is 1.72. The number of nitrogens with one attached hydrogen (secondary N) is 1. The van der Waals surface area contributed by atoms with E-state index in [1.54, 1.807) is 19.4 Å². The third-order valence-electron chi connectivity index (χ3n) is 7.56. The molecule has 0 aliphatic heterocycles. The fraction of sp³-hybridized carbons (Fsp3) is 0.114. The Morgan fingerprint density at radius 2 is 1.72 bits per heavy atom. The van der Waals surface area contributed by atoms with Crippen molar-refractivity contribution >= 4 is 57.1 Å². The quantitative estimate of drug-likeness (QED) is 0.146. The summed E-state index contributed by atoms with van der Waals surface area (Å²) in [5, 5.41) is 7.26. The Morgan fingerprint density at radius 3 is 2.49 bits per heavy atom. The number of halogens is 2. The first-order chi connectivity index (χ1) is 20.8. The zero-order chi connectivity index (χ0) is 30.1. The number of benzene rings is 4. The number of para-hydroxylation sites is 1. The molecule has 0 saturated carbocycles. The maximum Gasteiger partial charge on any atom is 0.272 e. The topological polar surface area (TPSA) is 68.5 Å². The van der Waals surface area contributed by atoms with Crippen LogP contribution in [0.2, 0.25) is 10.0 Å². The summed E-state index contributed by atoms with van der Waals surface area (Å²) in [5.41, 5.74) is 10.7.